The van der Waals surface area contributed by atoms with Crippen LogP contribution in [0.15, 0.2) is 24.3 Å². The predicted octanol–water partition coefficient (Wildman–Crippen LogP) is 2.15. The first-order valence-corrected chi connectivity index (χ1v) is 6.62. The molecule has 5 heteroatoms. The lowest BCUT2D eigenvalue weighted by atomic mass is 9.99. The summed E-state index contributed by atoms with van der Waals surface area (Å²) in [6.07, 6.45) is 1.35. The summed E-state index contributed by atoms with van der Waals surface area (Å²) in [5, 5.41) is 2.88. The third-order valence-corrected chi connectivity index (χ3v) is 3.86. The molecule has 0 bridgehead atoms. The van der Waals surface area contributed by atoms with Crippen molar-refractivity contribution in [1.29, 1.82) is 0 Å². The molecule has 1 amide bonds. The van der Waals surface area contributed by atoms with Gasteiger partial charge in [0.15, 0.2) is 0 Å². The lowest BCUT2D eigenvalue weighted by Crippen LogP contribution is -2.18. The van der Waals surface area contributed by atoms with E-state index in [2.05, 4.69) is 15.8 Å². The van der Waals surface area contributed by atoms with E-state index in [9.17, 15) is 4.79 Å². The van der Waals surface area contributed by atoms with Gasteiger partial charge in [-0.1, -0.05) is 6.07 Å². The molecule has 0 saturated carbocycles. The van der Waals surface area contributed by atoms with Crippen molar-refractivity contribution >= 4 is 23.1 Å². The molecule has 2 aromatic rings. The SMILES string of the molecule is NCc1cc(-c2ccc3c(c2)CCC(=O)N3)ns1. The van der Waals surface area contributed by atoms with E-state index in [1.165, 1.54) is 17.1 Å². The van der Waals surface area contributed by atoms with Crippen LogP contribution in [0.4, 0.5) is 5.69 Å². The molecule has 1 aromatic heterocycles. The molecule has 0 atom stereocenters. The van der Waals surface area contributed by atoms with Crippen molar-refractivity contribution in [3.8, 4) is 11.3 Å². The Bertz CT molecular complexity index is 606. The summed E-state index contributed by atoms with van der Waals surface area (Å²) in [7, 11) is 0. The molecule has 0 aliphatic carbocycles. The minimum Gasteiger partial charge on any atom is -0.326 e. The van der Waals surface area contributed by atoms with E-state index in [0.717, 1.165) is 28.2 Å². The van der Waals surface area contributed by atoms with Crippen LogP contribution in [0.1, 0.15) is 16.9 Å². The Morgan fingerprint density at radius 2 is 2.22 bits per heavy atom. The minimum atomic E-state index is 0.0920. The molecule has 2 heterocycles. The largest absolute Gasteiger partial charge is 0.326 e. The number of fused-ring (bicyclic) bond motifs is 1. The van der Waals surface area contributed by atoms with Gasteiger partial charge in [-0.3, -0.25) is 4.79 Å². The molecular formula is C13H13N3OS. The summed E-state index contributed by atoms with van der Waals surface area (Å²) in [6.45, 7) is 0.526. The third kappa shape index (κ3) is 2.02. The summed E-state index contributed by atoms with van der Waals surface area (Å²) >= 11 is 1.44. The van der Waals surface area contributed by atoms with Crippen LogP contribution in [0, 0.1) is 0 Å². The quantitative estimate of drug-likeness (QED) is 0.868. The highest BCUT2D eigenvalue weighted by Gasteiger charge is 2.15. The van der Waals surface area contributed by atoms with E-state index in [0.29, 0.717) is 13.0 Å². The number of benzene rings is 1. The Morgan fingerprint density at radius 3 is 3.00 bits per heavy atom. The van der Waals surface area contributed by atoms with Gasteiger partial charge in [0.2, 0.25) is 5.91 Å². The van der Waals surface area contributed by atoms with Crippen LogP contribution in [-0.4, -0.2) is 10.3 Å². The standard InChI is InChI=1S/C13H13N3OS/c14-7-10-6-12(16-18-10)9-1-3-11-8(5-9)2-4-13(17)15-11/h1,3,5-6H,2,4,7,14H2,(H,15,17). The van der Waals surface area contributed by atoms with Gasteiger partial charge in [0.1, 0.15) is 0 Å². The number of anilines is 1. The van der Waals surface area contributed by atoms with Gasteiger partial charge in [-0.25, -0.2) is 0 Å². The Balaban J connectivity index is 1.97. The van der Waals surface area contributed by atoms with E-state index >= 15 is 0 Å². The molecule has 1 aliphatic heterocycles. The summed E-state index contributed by atoms with van der Waals surface area (Å²) < 4.78 is 4.40. The van der Waals surface area contributed by atoms with Crippen molar-refractivity contribution in [2.45, 2.75) is 19.4 Å². The second kappa shape index (κ2) is 4.51. The molecule has 1 aliphatic rings. The molecule has 1 aromatic carbocycles. The van der Waals surface area contributed by atoms with Crippen LogP contribution in [-0.2, 0) is 17.8 Å². The lowest BCUT2D eigenvalue weighted by Gasteiger charge is -2.17. The summed E-state index contributed by atoms with van der Waals surface area (Å²) in [5.41, 5.74) is 9.73. The van der Waals surface area contributed by atoms with Gasteiger partial charge in [0.25, 0.3) is 0 Å². The highest BCUT2D eigenvalue weighted by atomic mass is 32.1. The molecule has 0 saturated heterocycles. The molecule has 3 N–H and O–H groups in total. The number of aryl methyl sites for hydroxylation is 1. The number of carbonyl (C=O) groups excluding carboxylic acids is 1. The molecule has 0 fully saturated rings. The van der Waals surface area contributed by atoms with Crippen LogP contribution in [0.2, 0.25) is 0 Å². The van der Waals surface area contributed by atoms with Crippen LogP contribution >= 0.6 is 11.5 Å². The smallest absolute Gasteiger partial charge is 0.224 e. The van der Waals surface area contributed by atoms with Crippen molar-refractivity contribution in [3.05, 3.63) is 34.7 Å². The average molecular weight is 259 g/mol. The van der Waals surface area contributed by atoms with Gasteiger partial charge in [0.05, 0.1) is 5.69 Å². The van der Waals surface area contributed by atoms with Gasteiger partial charge < -0.3 is 11.1 Å². The first kappa shape index (κ1) is 11.4. The first-order chi connectivity index (χ1) is 8.76. The lowest BCUT2D eigenvalue weighted by molar-refractivity contribution is -0.116. The molecule has 0 unspecified atom stereocenters. The average Bonchev–Trinajstić information content (AvgIpc) is 2.87. The van der Waals surface area contributed by atoms with Crippen molar-refractivity contribution in [3.63, 3.8) is 0 Å². The zero-order valence-corrected chi connectivity index (χ0v) is 10.6. The van der Waals surface area contributed by atoms with E-state index in [-0.39, 0.29) is 5.91 Å². The highest BCUT2D eigenvalue weighted by Crippen LogP contribution is 2.29. The van der Waals surface area contributed by atoms with Gasteiger partial charge in [-0.05, 0) is 41.7 Å². The molecule has 0 radical (unpaired) electrons. The van der Waals surface area contributed by atoms with Crippen LogP contribution in [0.5, 0.6) is 0 Å². The molecule has 3 rings (SSSR count). The second-order valence-electron chi connectivity index (χ2n) is 4.30. The normalized spacial score (nSPS) is 14.2. The predicted molar refractivity (Wildman–Crippen MR) is 72.4 cm³/mol. The highest BCUT2D eigenvalue weighted by molar-refractivity contribution is 7.06. The van der Waals surface area contributed by atoms with E-state index in [4.69, 9.17) is 5.73 Å². The fourth-order valence-electron chi connectivity index (χ4n) is 2.09. The monoisotopic (exact) mass is 259 g/mol. The van der Waals surface area contributed by atoms with Gasteiger partial charge in [-0.2, -0.15) is 4.37 Å². The van der Waals surface area contributed by atoms with E-state index < -0.39 is 0 Å². The number of hydrogen-bond acceptors (Lipinski definition) is 4. The number of amides is 1. The van der Waals surface area contributed by atoms with Crippen LogP contribution in [0.3, 0.4) is 0 Å². The summed E-state index contributed by atoms with van der Waals surface area (Å²) in [5.74, 6) is 0.0920. The number of nitrogens with zero attached hydrogens (tertiary/aromatic N) is 1. The Kier molecular flexibility index (Phi) is 2.85. The molecule has 4 nitrogen and oxygen atoms in total. The van der Waals surface area contributed by atoms with E-state index in [1.54, 1.807) is 0 Å². The Hall–Kier alpha value is -1.72. The topological polar surface area (TPSA) is 68.0 Å². The van der Waals surface area contributed by atoms with Crippen molar-refractivity contribution in [1.82, 2.24) is 4.37 Å². The number of hydrogen-bond donors (Lipinski definition) is 2. The summed E-state index contributed by atoms with van der Waals surface area (Å²) in [4.78, 5) is 12.4. The molecule has 18 heavy (non-hydrogen) atoms. The number of nitrogens with two attached hydrogens (primary N) is 1. The van der Waals surface area contributed by atoms with Crippen molar-refractivity contribution in [2.24, 2.45) is 5.73 Å². The number of rotatable bonds is 2. The fraction of sp³-hybridized carbons (Fsp3) is 0.231. The van der Waals surface area contributed by atoms with E-state index in [1.807, 2.05) is 18.2 Å². The molecule has 0 spiro atoms. The van der Waals surface area contributed by atoms with Crippen LogP contribution < -0.4 is 11.1 Å². The zero-order valence-electron chi connectivity index (χ0n) is 9.77. The van der Waals surface area contributed by atoms with Gasteiger partial charge >= 0.3 is 0 Å². The first-order valence-electron chi connectivity index (χ1n) is 5.85. The number of nitrogens with one attached hydrogen (secondary N) is 1. The fourth-order valence-corrected chi connectivity index (χ4v) is 2.70. The second-order valence-corrected chi connectivity index (χ2v) is 5.19. The van der Waals surface area contributed by atoms with Crippen molar-refractivity contribution < 1.29 is 4.79 Å². The Labute approximate surface area is 109 Å². The number of carbonyl (C=O) groups is 1. The minimum absolute atomic E-state index is 0.0920. The van der Waals surface area contributed by atoms with Gasteiger partial charge in [0, 0.05) is 29.1 Å². The molecule has 92 valence electrons. The molecular weight excluding hydrogens is 246 g/mol. The summed E-state index contributed by atoms with van der Waals surface area (Å²) in [6, 6.07) is 8.06. The Morgan fingerprint density at radius 1 is 1.33 bits per heavy atom. The van der Waals surface area contributed by atoms with Crippen molar-refractivity contribution in [2.75, 3.05) is 5.32 Å². The van der Waals surface area contributed by atoms with Gasteiger partial charge in [-0.15, -0.1) is 0 Å². The maximum absolute atomic E-state index is 11.3. The van der Waals surface area contributed by atoms with Crippen LogP contribution in [0.25, 0.3) is 11.3 Å². The third-order valence-electron chi connectivity index (χ3n) is 3.06. The zero-order chi connectivity index (χ0) is 12.5. The maximum atomic E-state index is 11.3. The number of aromatic nitrogens is 1. The maximum Gasteiger partial charge on any atom is 0.224 e.